The van der Waals surface area contributed by atoms with E-state index in [9.17, 15) is 4.79 Å². The molecule has 1 aliphatic rings. The molecule has 0 atom stereocenters. The summed E-state index contributed by atoms with van der Waals surface area (Å²) in [6, 6.07) is 11.6. The highest BCUT2D eigenvalue weighted by Gasteiger charge is 2.28. The van der Waals surface area contributed by atoms with Gasteiger partial charge in [0.15, 0.2) is 11.5 Å². The lowest BCUT2D eigenvalue weighted by Crippen LogP contribution is -2.22. The van der Waals surface area contributed by atoms with Gasteiger partial charge in [-0.3, -0.25) is 9.69 Å². The molecule has 2 aromatic rings. The van der Waals surface area contributed by atoms with Crippen LogP contribution in [0.3, 0.4) is 0 Å². The number of carbonyl (C=O) groups excluding carboxylic acids is 1. The van der Waals surface area contributed by atoms with E-state index in [0.29, 0.717) is 33.9 Å². The lowest BCUT2D eigenvalue weighted by atomic mass is 10.1. The van der Waals surface area contributed by atoms with Crippen molar-refractivity contribution in [1.29, 1.82) is 0 Å². The first-order valence-electron chi connectivity index (χ1n) is 9.11. The second-order valence-corrected chi connectivity index (χ2v) is 8.27. The van der Waals surface area contributed by atoms with Crippen molar-refractivity contribution in [3.05, 3.63) is 58.0 Å². The summed E-state index contributed by atoms with van der Waals surface area (Å²) in [5.41, 5.74) is 3.27. The maximum atomic E-state index is 12.2. The van der Waals surface area contributed by atoms with Gasteiger partial charge in [-0.15, -0.1) is 0 Å². The van der Waals surface area contributed by atoms with Gasteiger partial charge in [0.2, 0.25) is 0 Å². The van der Waals surface area contributed by atoms with Crippen LogP contribution in [-0.4, -0.2) is 42.5 Å². The number of nitrogens with zero attached hydrogens (tertiary/aromatic N) is 1. The molecule has 152 valence electrons. The summed E-state index contributed by atoms with van der Waals surface area (Å²) in [6.45, 7) is 4.94. The van der Waals surface area contributed by atoms with Crippen LogP contribution in [0.25, 0.3) is 6.08 Å². The normalized spacial score (nSPS) is 15.2. The van der Waals surface area contributed by atoms with Crippen LogP contribution in [0.15, 0.2) is 41.3 Å². The third-order valence-electron chi connectivity index (χ3n) is 4.56. The number of ether oxygens (including phenoxy) is 3. The fraction of sp³-hybridized carbons (Fsp3) is 0.273. The van der Waals surface area contributed by atoms with E-state index in [0.717, 1.165) is 11.3 Å². The quantitative estimate of drug-likeness (QED) is 0.364. The molecule has 1 fully saturated rings. The number of likely N-dealkylation sites (N-methyl/N-ethyl adjacent to an activating group) is 1. The SMILES string of the molecule is COc1cc(/C=C2/SC(=S)N(C)C2=O)ccc1OCCOc1ccc(C)c(C)c1. The molecule has 7 heteroatoms. The van der Waals surface area contributed by atoms with Gasteiger partial charge < -0.3 is 14.2 Å². The summed E-state index contributed by atoms with van der Waals surface area (Å²) in [5.74, 6) is 1.95. The van der Waals surface area contributed by atoms with Crippen LogP contribution >= 0.6 is 24.0 Å². The Morgan fingerprint density at radius 3 is 2.45 bits per heavy atom. The average molecular weight is 430 g/mol. The number of aryl methyl sites for hydroxylation is 2. The van der Waals surface area contributed by atoms with Gasteiger partial charge in [0, 0.05) is 7.05 Å². The lowest BCUT2D eigenvalue weighted by molar-refractivity contribution is -0.121. The van der Waals surface area contributed by atoms with Gasteiger partial charge in [0.1, 0.15) is 23.3 Å². The Balaban J connectivity index is 1.61. The number of thiocarbonyl (C=S) groups is 1. The second-order valence-electron chi connectivity index (χ2n) is 6.59. The summed E-state index contributed by atoms with van der Waals surface area (Å²) >= 11 is 6.45. The number of benzene rings is 2. The number of thioether (sulfide) groups is 1. The zero-order chi connectivity index (χ0) is 21.0. The van der Waals surface area contributed by atoms with Crippen LogP contribution in [0, 0.1) is 13.8 Å². The summed E-state index contributed by atoms with van der Waals surface area (Å²) in [5, 5.41) is 0. The molecule has 0 radical (unpaired) electrons. The molecular formula is C22H23NO4S2. The van der Waals surface area contributed by atoms with Gasteiger partial charge >= 0.3 is 0 Å². The summed E-state index contributed by atoms with van der Waals surface area (Å²) < 4.78 is 17.6. The minimum Gasteiger partial charge on any atom is -0.493 e. The van der Waals surface area contributed by atoms with Crippen molar-refractivity contribution < 1.29 is 19.0 Å². The third-order valence-corrected chi connectivity index (χ3v) is 6.04. The van der Waals surface area contributed by atoms with Crippen molar-refractivity contribution in [2.45, 2.75) is 13.8 Å². The molecule has 2 aromatic carbocycles. The smallest absolute Gasteiger partial charge is 0.265 e. The number of hydrogen-bond donors (Lipinski definition) is 0. The topological polar surface area (TPSA) is 48.0 Å². The van der Waals surface area contributed by atoms with Gasteiger partial charge in [-0.2, -0.15) is 0 Å². The van der Waals surface area contributed by atoms with E-state index < -0.39 is 0 Å². The number of hydrogen-bond acceptors (Lipinski definition) is 6. The highest BCUT2D eigenvalue weighted by atomic mass is 32.2. The maximum Gasteiger partial charge on any atom is 0.265 e. The largest absolute Gasteiger partial charge is 0.493 e. The molecular weight excluding hydrogens is 406 g/mol. The van der Waals surface area contributed by atoms with E-state index in [1.54, 1.807) is 20.2 Å². The molecule has 1 saturated heterocycles. The first kappa shape index (κ1) is 21.2. The molecule has 5 nitrogen and oxygen atoms in total. The third kappa shape index (κ3) is 5.10. The van der Waals surface area contributed by atoms with Crippen molar-refractivity contribution >= 4 is 40.3 Å². The Hall–Kier alpha value is -2.51. The first-order chi connectivity index (χ1) is 13.9. The molecule has 0 unspecified atom stereocenters. The molecule has 3 rings (SSSR count). The van der Waals surface area contributed by atoms with E-state index >= 15 is 0 Å². The Morgan fingerprint density at radius 1 is 1.03 bits per heavy atom. The summed E-state index contributed by atoms with van der Waals surface area (Å²) in [4.78, 5) is 14.2. The van der Waals surface area contributed by atoms with Crippen molar-refractivity contribution in [3.63, 3.8) is 0 Å². The second kappa shape index (κ2) is 9.33. The van der Waals surface area contributed by atoms with Crippen molar-refractivity contribution in [2.24, 2.45) is 0 Å². The van der Waals surface area contributed by atoms with Gasteiger partial charge in [-0.1, -0.05) is 36.1 Å². The minimum absolute atomic E-state index is 0.0946. The van der Waals surface area contributed by atoms with Crippen molar-refractivity contribution in [1.82, 2.24) is 4.90 Å². The standard InChI is InChI=1S/C22H23NO4S2/c1-14-5-7-17(11-15(14)2)26-9-10-27-18-8-6-16(12-19(18)25-4)13-20-21(24)23(3)22(28)29-20/h5-8,11-13H,9-10H2,1-4H3/b20-13+. The van der Waals surface area contributed by atoms with Crippen LogP contribution in [0.2, 0.25) is 0 Å². The number of carbonyl (C=O) groups is 1. The highest BCUT2D eigenvalue weighted by Crippen LogP contribution is 2.34. The predicted molar refractivity (Wildman–Crippen MR) is 121 cm³/mol. The summed E-state index contributed by atoms with van der Waals surface area (Å²) in [6.07, 6.45) is 1.80. The Kier molecular flexibility index (Phi) is 6.82. The number of methoxy groups -OCH3 is 1. The zero-order valence-electron chi connectivity index (χ0n) is 16.9. The number of rotatable bonds is 7. The van der Waals surface area contributed by atoms with E-state index in [1.165, 1.54) is 27.8 Å². The van der Waals surface area contributed by atoms with E-state index in [1.807, 2.05) is 36.4 Å². The predicted octanol–water partition coefficient (Wildman–Crippen LogP) is 4.60. The van der Waals surface area contributed by atoms with Gasteiger partial charge in [0.05, 0.1) is 12.0 Å². The Morgan fingerprint density at radius 2 is 1.79 bits per heavy atom. The lowest BCUT2D eigenvalue weighted by Gasteiger charge is -2.13. The molecule has 1 aliphatic heterocycles. The van der Waals surface area contributed by atoms with Crippen LogP contribution in [0.5, 0.6) is 17.2 Å². The Labute approximate surface area is 180 Å². The zero-order valence-corrected chi connectivity index (χ0v) is 18.5. The molecule has 0 bridgehead atoms. The summed E-state index contributed by atoms with van der Waals surface area (Å²) in [7, 11) is 3.26. The number of amides is 1. The molecule has 1 heterocycles. The highest BCUT2D eigenvalue weighted by molar-refractivity contribution is 8.26. The van der Waals surface area contributed by atoms with Crippen molar-refractivity contribution in [3.8, 4) is 17.2 Å². The van der Waals surface area contributed by atoms with Crippen LogP contribution in [-0.2, 0) is 4.79 Å². The van der Waals surface area contributed by atoms with Crippen LogP contribution in [0.1, 0.15) is 16.7 Å². The van der Waals surface area contributed by atoms with E-state index in [-0.39, 0.29) is 5.91 Å². The monoisotopic (exact) mass is 429 g/mol. The van der Waals surface area contributed by atoms with E-state index in [2.05, 4.69) is 13.8 Å². The molecule has 0 aliphatic carbocycles. The average Bonchev–Trinajstić information content (AvgIpc) is 2.95. The molecule has 29 heavy (non-hydrogen) atoms. The fourth-order valence-corrected chi connectivity index (χ4v) is 3.88. The minimum atomic E-state index is -0.0946. The van der Waals surface area contributed by atoms with Gasteiger partial charge in [-0.25, -0.2) is 0 Å². The molecule has 0 spiro atoms. The van der Waals surface area contributed by atoms with Gasteiger partial charge in [-0.05, 0) is 60.9 Å². The van der Waals surface area contributed by atoms with Crippen molar-refractivity contribution in [2.75, 3.05) is 27.4 Å². The van der Waals surface area contributed by atoms with E-state index in [4.69, 9.17) is 26.4 Å². The van der Waals surface area contributed by atoms with Crippen LogP contribution < -0.4 is 14.2 Å². The molecule has 0 N–H and O–H groups in total. The fourth-order valence-electron chi connectivity index (χ4n) is 2.70. The maximum absolute atomic E-state index is 12.2. The molecule has 0 aromatic heterocycles. The van der Waals surface area contributed by atoms with Gasteiger partial charge in [0.25, 0.3) is 5.91 Å². The Bertz CT molecular complexity index is 971. The molecule has 0 saturated carbocycles. The van der Waals surface area contributed by atoms with Crippen LogP contribution in [0.4, 0.5) is 0 Å². The molecule has 1 amide bonds. The first-order valence-corrected chi connectivity index (χ1v) is 10.3.